The number of thiazole rings is 1. The first-order chi connectivity index (χ1) is 16.0. The van der Waals surface area contributed by atoms with E-state index in [9.17, 15) is 0 Å². The fourth-order valence-corrected chi connectivity index (χ4v) is 4.47. The molecule has 9 heteroatoms. The van der Waals surface area contributed by atoms with Crippen LogP contribution in [-0.2, 0) is 6.61 Å². The molecular weight excluding hydrogens is 438 g/mol. The monoisotopic (exact) mass is 463 g/mol. The zero-order valence-corrected chi connectivity index (χ0v) is 19.8. The Bertz CT molecular complexity index is 1420. The standard InChI is InChI=1S/C24H25N5O3S/c1-5-8-28(3)24-25-16(14-33-24)13-31-20-9-17(30-4)10-21-18(20)11-22(32-21)19-12-29-23(26-19)7-6-15(2)27-29/h6-7,9-12,14H,5,8,13H2,1-4H3. The second kappa shape index (κ2) is 8.74. The summed E-state index contributed by atoms with van der Waals surface area (Å²) in [6, 6.07) is 9.54. The molecule has 0 unspecified atom stereocenters. The molecule has 1 aromatic carbocycles. The van der Waals surface area contributed by atoms with Crippen LogP contribution in [0.25, 0.3) is 28.1 Å². The molecule has 0 bridgehead atoms. The van der Waals surface area contributed by atoms with Gasteiger partial charge < -0.3 is 18.8 Å². The maximum Gasteiger partial charge on any atom is 0.185 e. The number of nitrogens with zero attached hydrogens (tertiary/aromatic N) is 5. The molecule has 0 aliphatic heterocycles. The molecule has 0 saturated carbocycles. The van der Waals surface area contributed by atoms with Crippen LogP contribution in [0.1, 0.15) is 24.7 Å². The van der Waals surface area contributed by atoms with Gasteiger partial charge >= 0.3 is 0 Å². The molecule has 4 aromatic heterocycles. The number of methoxy groups -OCH3 is 1. The average molecular weight is 464 g/mol. The van der Waals surface area contributed by atoms with Crippen molar-refractivity contribution in [2.75, 3.05) is 25.6 Å². The van der Waals surface area contributed by atoms with Gasteiger partial charge in [0.2, 0.25) is 0 Å². The number of hydrogen-bond donors (Lipinski definition) is 0. The van der Waals surface area contributed by atoms with E-state index in [0.29, 0.717) is 35.1 Å². The molecule has 5 rings (SSSR count). The summed E-state index contributed by atoms with van der Waals surface area (Å²) in [7, 11) is 3.68. The van der Waals surface area contributed by atoms with Gasteiger partial charge in [-0.15, -0.1) is 11.3 Å². The highest BCUT2D eigenvalue weighted by Crippen LogP contribution is 2.37. The minimum atomic E-state index is 0.358. The van der Waals surface area contributed by atoms with Crippen LogP contribution < -0.4 is 14.4 Å². The van der Waals surface area contributed by atoms with Gasteiger partial charge in [-0.3, -0.25) is 0 Å². The molecule has 0 aliphatic rings. The molecule has 0 spiro atoms. The number of benzene rings is 1. The number of ether oxygens (including phenoxy) is 2. The zero-order chi connectivity index (χ0) is 22.9. The summed E-state index contributed by atoms with van der Waals surface area (Å²) in [5.41, 5.74) is 3.94. The fourth-order valence-electron chi connectivity index (χ4n) is 3.66. The van der Waals surface area contributed by atoms with Crippen molar-refractivity contribution in [1.82, 2.24) is 19.6 Å². The van der Waals surface area contributed by atoms with Gasteiger partial charge in [0, 0.05) is 31.1 Å². The van der Waals surface area contributed by atoms with Crippen molar-refractivity contribution < 1.29 is 13.9 Å². The van der Waals surface area contributed by atoms with Gasteiger partial charge in [-0.25, -0.2) is 14.5 Å². The summed E-state index contributed by atoms with van der Waals surface area (Å²) in [4.78, 5) is 11.5. The summed E-state index contributed by atoms with van der Waals surface area (Å²) < 4.78 is 19.5. The van der Waals surface area contributed by atoms with Gasteiger partial charge in [-0.05, 0) is 31.5 Å². The van der Waals surface area contributed by atoms with Crippen molar-refractivity contribution in [3.63, 3.8) is 0 Å². The molecule has 0 N–H and O–H groups in total. The Labute approximate surface area is 195 Å². The van der Waals surface area contributed by atoms with Gasteiger partial charge in [0.15, 0.2) is 16.5 Å². The lowest BCUT2D eigenvalue weighted by atomic mass is 10.2. The Morgan fingerprint density at radius 2 is 2.06 bits per heavy atom. The third-order valence-corrected chi connectivity index (χ3v) is 6.32. The van der Waals surface area contributed by atoms with E-state index in [-0.39, 0.29) is 0 Å². The SMILES string of the molecule is CCCN(C)c1nc(COc2cc(OC)cc3oc(-c4cn5nc(C)ccc5n4)cc23)cs1. The van der Waals surface area contributed by atoms with E-state index in [4.69, 9.17) is 18.9 Å². The highest BCUT2D eigenvalue weighted by atomic mass is 32.1. The fraction of sp³-hybridized carbons (Fsp3) is 0.292. The molecule has 5 aromatic rings. The average Bonchev–Trinajstić information content (AvgIpc) is 3.54. The van der Waals surface area contributed by atoms with E-state index in [1.165, 1.54) is 0 Å². The Hall–Kier alpha value is -3.59. The molecule has 33 heavy (non-hydrogen) atoms. The first-order valence-corrected chi connectivity index (χ1v) is 11.7. The molecular formula is C24H25N5O3S. The predicted molar refractivity (Wildman–Crippen MR) is 129 cm³/mol. The van der Waals surface area contributed by atoms with E-state index in [1.807, 2.05) is 48.8 Å². The second-order valence-electron chi connectivity index (χ2n) is 7.88. The van der Waals surface area contributed by atoms with Gasteiger partial charge in [0.25, 0.3) is 0 Å². The summed E-state index contributed by atoms with van der Waals surface area (Å²) in [5, 5.41) is 8.35. The molecule has 0 radical (unpaired) electrons. The first kappa shape index (κ1) is 21.3. The number of aromatic nitrogens is 4. The Morgan fingerprint density at radius 3 is 2.88 bits per heavy atom. The van der Waals surface area contributed by atoms with Gasteiger partial charge in [0.05, 0.1) is 30.1 Å². The maximum atomic E-state index is 6.17. The third kappa shape index (κ3) is 4.23. The van der Waals surface area contributed by atoms with Crippen molar-refractivity contribution in [1.29, 1.82) is 0 Å². The minimum absolute atomic E-state index is 0.358. The number of rotatable bonds is 8. The van der Waals surface area contributed by atoms with Crippen molar-refractivity contribution in [2.45, 2.75) is 26.9 Å². The molecule has 4 heterocycles. The first-order valence-electron chi connectivity index (χ1n) is 10.8. The molecule has 8 nitrogen and oxygen atoms in total. The van der Waals surface area contributed by atoms with Crippen molar-refractivity contribution in [3.05, 3.63) is 53.3 Å². The number of anilines is 1. The van der Waals surface area contributed by atoms with Crippen LogP contribution in [0.3, 0.4) is 0 Å². The van der Waals surface area contributed by atoms with Gasteiger partial charge in [-0.1, -0.05) is 6.92 Å². The third-order valence-electron chi connectivity index (χ3n) is 5.32. The number of hydrogen-bond acceptors (Lipinski definition) is 8. The molecule has 0 saturated heterocycles. The van der Waals surface area contributed by atoms with E-state index in [1.54, 1.807) is 23.0 Å². The maximum absolute atomic E-state index is 6.17. The second-order valence-corrected chi connectivity index (χ2v) is 8.72. The quantitative estimate of drug-likeness (QED) is 0.307. The minimum Gasteiger partial charge on any atom is -0.496 e. The molecule has 0 aliphatic carbocycles. The molecule has 0 amide bonds. The Morgan fingerprint density at radius 1 is 1.18 bits per heavy atom. The number of fused-ring (bicyclic) bond motifs is 2. The van der Waals surface area contributed by atoms with Crippen LogP contribution in [0, 0.1) is 6.92 Å². The molecule has 170 valence electrons. The van der Waals surface area contributed by atoms with Crippen molar-refractivity contribution in [3.8, 4) is 23.0 Å². The van der Waals surface area contributed by atoms with Crippen molar-refractivity contribution in [2.24, 2.45) is 0 Å². The van der Waals surface area contributed by atoms with E-state index in [2.05, 4.69) is 29.0 Å². The predicted octanol–water partition coefficient (Wildman–Crippen LogP) is 5.34. The normalized spacial score (nSPS) is 11.4. The summed E-state index contributed by atoms with van der Waals surface area (Å²) in [6.07, 6.45) is 2.94. The van der Waals surface area contributed by atoms with Crippen molar-refractivity contribution >= 4 is 33.1 Å². The van der Waals surface area contributed by atoms with Gasteiger partial charge in [-0.2, -0.15) is 5.10 Å². The summed E-state index contributed by atoms with van der Waals surface area (Å²) in [6.45, 7) is 5.44. The smallest absolute Gasteiger partial charge is 0.185 e. The van der Waals surface area contributed by atoms with Crippen LogP contribution in [0.4, 0.5) is 5.13 Å². The largest absolute Gasteiger partial charge is 0.496 e. The van der Waals surface area contributed by atoms with Gasteiger partial charge in [0.1, 0.15) is 29.4 Å². The molecule has 0 atom stereocenters. The zero-order valence-electron chi connectivity index (χ0n) is 19.0. The van der Waals surface area contributed by atoms with Crippen LogP contribution in [-0.4, -0.2) is 40.3 Å². The lowest BCUT2D eigenvalue weighted by molar-refractivity contribution is 0.303. The number of furan rings is 1. The van der Waals surface area contributed by atoms with Crippen LogP contribution in [0.15, 0.2) is 46.3 Å². The lowest BCUT2D eigenvalue weighted by Crippen LogP contribution is -2.17. The summed E-state index contributed by atoms with van der Waals surface area (Å²) >= 11 is 1.62. The summed E-state index contributed by atoms with van der Waals surface area (Å²) in [5.74, 6) is 1.98. The Balaban J connectivity index is 1.45. The topological polar surface area (TPSA) is 77.9 Å². The molecule has 0 fully saturated rings. The number of aryl methyl sites for hydroxylation is 1. The van der Waals surface area contributed by atoms with E-state index < -0.39 is 0 Å². The highest BCUT2D eigenvalue weighted by Gasteiger charge is 2.16. The lowest BCUT2D eigenvalue weighted by Gasteiger charge is -2.13. The van der Waals surface area contributed by atoms with E-state index >= 15 is 0 Å². The Kier molecular flexibility index (Phi) is 5.63. The van der Waals surface area contributed by atoms with Crippen LogP contribution >= 0.6 is 11.3 Å². The van der Waals surface area contributed by atoms with E-state index in [0.717, 1.165) is 40.5 Å². The number of imidazole rings is 1. The van der Waals surface area contributed by atoms with Crippen LogP contribution in [0.2, 0.25) is 0 Å². The highest BCUT2D eigenvalue weighted by molar-refractivity contribution is 7.13. The van der Waals surface area contributed by atoms with Crippen LogP contribution in [0.5, 0.6) is 11.5 Å².